The summed E-state index contributed by atoms with van der Waals surface area (Å²) >= 11 is 1.51. The molecule has 0 aliphatic rings. The van der Waals surface area contributed by atoms with E-state index in [1.54, 1.807) is 5.51 Å². The number of thiazole rings is 1. The van der Waals surface area contributed by atoms with Crippen LogP contribution in [0.4, 0.5) is 0 Å². The lowest BCUT2D eigenvalue weighted by Crippen LogP contribution is -2.41. The molecule has 0 bridgehead atoms. The fourth-order valence-corrected chi connectivity index (χ4v) is 1.53. The van der Waals surface area contributed by atoms with Gasteiger partial charge in [-0.3, -0.25) is 4.79 Å². The monoisotopic (exact) mass is 199 g/mol. The second-order valence-corrected chi connectivity index (χ2v) is 3.40. The molecule has 0 spiro atoms. The summed E-state index contributed by atoms with van der Waals surface area (Å²) in [6.07, 6.45) is 0.509. The molecule has 1 aromatic heterocycles. The quantitative estimate of drug-likeness (QED) is 0.725. The molecule has 72 valence electrons. The second-order valence-electron chi connectivity index (χ2n) is 2.68. The van der Waals surface area contributed by atoms with E-state index >= 15 is 0 Å². The Labute approximate surface area is 81.2 Å². The maximum atomic E-state index is 11.2. The van der Waals surface area contributed by atoms with Gasteiger partial charge in [0.1, 0.15) is 0 Å². The van der Waals surface area contributed by atoms with Crippen LogP contribution in [0, 0.1) is 0 Å². The third kappa shape index (κ3) is 3.12. The second kappa shape index (κ2) is 4.94. The number of carbonyl (C=O) groups excluding carboxylic acids is 1. The Bertz CT molecular complexity index is 260. The molecule has 0 saturated carbocycles. The highest BCUT2D eigenvalue weighted by atomic mass is 32.1. The lowest BCUT2D eigenvalue weighted by molar-refractivity contribution is -0.122. The molecule has 1 amide bonds. The highest BCUT2D eigenvalue weighted by Crippen LogP contribution is 2.03. The zero-order chi connectivity index (χ0) is 9.68. The minimum Gasteiger partial charge on any atom is -0.355 e. The van der Waals surface area contributed by atoms with Crippen LogP contribution in [0.3, 0.4) is 0 Å². The molecular weight excluding hydrogens is 186 g/mol. The Kier molecular flexibility index (Phi) is 3.85. The highest BCUT2D eigenvalue weighted by molar-refractivity contribution is 7.07. The fourth-order valence-electron chi connectivity index (χ4n) is 0.962. The number of carbonyl (C=O) groups is 1. The first-order valence-electron chi connectivity index (χ1n) is 4.14. The van der Waals surface area contributed by atoms with E-state index in [1.165, 1.54) is 11.3 Å². The number of hydrogen-bond acceptors (Lipinski definition) is 4. The first kappa shape index (κ1) is 10.1. The first-order chi connectivity index (χ1) is 6.24. The Morgan fingerprint density at radius 1 is 1.85 bits per heavy atom. The van der Waals surface area contributed by atoms with Crippen LogP contribution in [0.1, 0.15) is 12.6 Å². The molecule has 0 aromatic carbocycles. The Morgan fingerprint density at radius 3 is 3.15 bits per heavy atom. The summed E-state index contributed by atoms with van der Waals surface area (Å²) in [5, 5.41) is 4.57. The van der Waals surface area contributed by atoms with Crippen molar-refractivity contribution in [1.29, 1.82) is 0 Å². The maximum Gasteiger partial charge on any atom is 0.237 e. The van der Waals surface area contributed by atoms with Crippen molar-refractivity contribution in [3.63, 3.8) is 0 Å². The predicted octanol–water partition coefficient (Wildman–Crippen LogP) is 0.149. The topological polar surface area (TPSA) is 68.0 Å². The zero-order valence-corrected chi connectivity index (χ0v) is 8.30. The molecule has 5 heteroatoms. The lowest BCUT2D eigenvalue weighted by Gasteiger charge is -2.08. The molecule has 0 radical (unpaired) electrons. The molecule has 1 rings (SSSR count). The lowest BCUT2D eigenvalue weighted by atomic mass is 10.2. The van der Waals surface area contributed by atoms with Crippen LogP contribution in [0.15, 0.2) is 10.9 Å². The molecule has 0 fully saturated rings. The van der Waals surface area contributed by atoms with Crippen LogP contribution in [0.2, 0.25) is 0 Å². The molecule has 1 aromatic rings. The molecule has 0 aliphatic heterocycles. The van der Waals surface area contributed by atoms with Crippen molar-refractivity contribution in [3.05, 3.63) is 16.6 Å². The fraction of sp³-hybridized carbons (Fsp3) is 0.500. The average Bonchev–Trinajstić information content (AvgIpc) is 2.57. The largest absolute Gasteiger partial charge is 0.355 e. The van der Waals surface area contributed by atoms with E-state index in [9.17, 15) is 4.79 Å². The van der Waals surface area contributed by atoms with Gasteiger partial charge < -0.3 is 11.1 Å². The van der Waals surface area contributed by atoms with Gasteiger partial charge in [-0.15, -0.1) is 11.3 Å². The van der Waals surface area contributed by atoms with Crippen LogP contribution < -0.4 is 11.1 Å². The van der Waals surface area contributed by atoms with Crippen molar-refractivity contribution in [2.75, 3.05) is 6.54 Å². The van der Waals surface area contributed by atoms with Crippen LogP contribution in [-0.2, 0) is 11.2 Å². The third-order valence-electron chi connectivity index (χ3n) is 1.60. The smallest absolute Gasteiger partial charge is 0.237 e. The van der Waals surface area contributed by atoms with Crippen molar-refractivity contribution < 1.29 is 4.79 Å². The van der Waals surface area contributed by atoms with Crippen molar-refractivity contribution in [2.24, 2.45) is 5.73 Å². The number of amides is 1. The Morgan fingerprint density at radius 2 is 2.62 bits per heavy atom. The van der Waals surface area contributed by atoms with E-state index in [2.05, 4.69) is 10.3 Å². The number of aromatic nitrogens is 1. The van der Waals surface area contributed by atoms with Gasteiger partial charge in [0, 0.05) is 18.3 Å². The number of hydrogen-bond donors (Lipinski definition) is 2. The normalized spacial score (nSPS) is 12.5. The molecule has 0 aliphatic carbocycles. The van der Waals surface area contributed by atoms with Gasteiger partial charge in [0.2, 0.25) is 5.91 Å². The van der Waals surface area contributed by atoms with E-state index in [0.29, 0.717) is 13.0 Å². The SMILES string of the molecule is CCNC(=O)C(N)Cc1cscn1. The van der Waals surface area contributed by atoms with Crippen LogP contribution >= 0.6 is 11.3 Å². The number of likely N-dealkylation sites (N-methyl/N-ethyl adjacent to an activating group) is 1. The first-order valence-corrected chi connectivity index (χ1v) is 5.08. The van der Waals surface area contributed by atoms with Gasteiger partial charge in [-0.1, -0.05) is 0 Å². The standard InChI is InChI=1S/C8H13N3OS/c1-2-10-8(12)7(9)3-6-4-13-5-11-6/h4-5,7H,2-3,9H2,1H3,(H,10,12). The zero-order valence-electron chi connectivity index (χ0n) is 7.49. The number of nitrogens with two attached hydrogens (primary N) is 1. The van der Waals surface area contributed by atoms with Gasteiger partial charge in [0.25, 0.3) is 0 Å². The molecular formula is C8H13N3OS. The summed E-state index contributed by atoms with van der Waals surface area (Å²) in [7, 11) is 0. The van der Waals surface area contributed by atoms with Gasteiger partial charge in [-0.05, 0) is 6.92 Å². The number of nitrogens with zero attached hydrogens (tertiary/aromatic N) is 1. The van der Waals surface area contributed by atoms with E-state index in [0.717, 1.165) is 5.69 Å². The molecule has 13 heavy (non-hydrogen) atoms. The van der Waals surface area contributed by atoms with Crippen molar-refractivity contribution in [2.45, 2.75) is 19.4 Å². The summed E-state index contributed by atoms with van der Waals surface area (Å²) in [6.45, 7) is 2.48. The minimum atomic E-state index is -0.484. The Hall–Kier alpha value is -0.940. The number of rotatable bonds is 4. The van der Waals surface area contributed by atoms with E-state index in [4.69, 9.17) is 5.73 Å². The highest BCUT2D eigenvalue weighted by Gasteiger charge is 2.13. The molecule has 1 unspecified atom stereocenters. The van der Waals surface area contributed by atoms with Crippen molar-refractivity contribution >= 4 is 17.2 Å². The Balaban J connectivity index is 2.41. The summed E-state index contributed by atoms with van der Waals surface area (Å²) in [5.74, 6) is -0.115. The van der Waals surface area contributed by atoms with Crippen LogP contribution in [0.5, 0.6) is 0 Å². The van der Waals surface area contributed by atoms with Crippen molar-refractivity contribution in [3.8, 4) is 0 Å². The summed E-state index contributed by atoms with van der Waals surface area (Å²) in [6, 6.07) is -0.484. The van der Waals surface area contributed by atoms with Crippen molar-refractivity contribution in [1.82, 2.24) is 10.3 Å². The van der Waals surface area contributed by atoms with Gasteiger partial charge in [-0.2, -0.15) is 0 Å². The van der Waals surface area contributed by atoms with Gasteiger partial charge in [-0.25, -0.2) is 4.98 Å². The summed E-state index contributed by atoms with van der Waals surface area (Å²) in [5.41, 5.74) is 8.26. The van der Waals surface area contributed by atoms with E-state index in [-0.39, 0.29) is 5.91 Å². The summed E-state index contributed by atoms with van der Waals surface area (Å²) < 4.78 is 0. The molecule has 4 nitrogen and oxygen atoms in total. The third-order valence-corrected chi connectivity index (χ3v) is 2.24. The summed E-state index contributed by atoms with van der Waals surface area (Å²) in [4.78, 5) is 15.3. The molecule has 3 N–H and O–H groups in total. The van der Waals surface area contributed by atoms with E-state index in [1.807, 2.05) is 12.3 Å². The number of nitrogens with one attached hydrogen (secondary N) is 1. The van der Waals surface area contributed by atoms with E-state index < -0.39 is 6.04 Å². The van der Waals surface area contributed by atoms with Crippen LogP contribution in [0.25, 0.3) is 0 Å². The molecule has 1 atom stereocenters. The molecule has 0 saturated heterocycles. The van der Waals surface area contributed by atoms with Gasteiger partial charge in [0.15, 0.2) is 0 Å². The molecule has 1 heterocycles. The average molecular weight is 199 g/mol. The van der Waals surface area contributed by atoms with Gasteiger partial charge in [0.05, 0.1) is 17.2 Å². The maximum absolute atomic E-state index is 11.2. The predicted molar refractivity (Wildman–Crippen MR) is 52.5 cm³/mol. The minimum absolute atomic E-state index is 0.115. The van der Waals surface area contributed by atoms with Crippen LogP contribution in [-0.4, -0.2) is 23.5 Å². The van der Waals surface area contributed by atoms with Gasteiger partial charge >= 0.3 is 0 Å².